The lowest BCUT2D eigenvalue weighted by Crippen LogP contribution is -2.31. The molecule has 0 aromatic carbocycles. The van der Waals surface area contributed by atoms with E-state index in [1.54, 1.807) is 0 Å². The number of methoxy groups -OCH3 is 1. The standard InChI is InChI=1S/C11H18O2/c1-6-4-8-5-9(6)7(2)10(8)11(12)13-3/h6-10H,4-5H2,1-3H3. The summed E-state index contributed by atoms with van der Waals surface area (Å²) in [5.41, 5.74) is 0. The van der Waals surface area contributed by atoms with Crippen molar-refractivity contribution >= 4 is 5.97 Å². The SMILES string of the molecule is COC(=O)C1C2CC(C)C(C2)C1C. The van der Waals surface area contributed by atoms with E-state index in [-0.39, 0.29) is 11.9 Å². The van der Waals surface area contributed by atoms with Crippen molar-refractivity contribution in [2.75, 3.05) is 7.11 Å². The molecule has 0 aromatic heterocycles. The number of esters is 1. The molecule has 2 aliphatic rings. The fourth-order valence-electron chi connectivity index (χ4n) is 3.60. The quantitative estimate of drug-likeness (QED) is 0.580. The zero-order valence-electron chi connectivity index (χ0n) is 8.62. The number of hydrogen-bond acceptors (Lipinski definition) is 2. The van der Waals surface area contributed by atoms with Crippen molar-refractivity contribution in [2.24, 2.45) is 29.6 Å². The highest BCUT2D eigenvalue weighted by atomic mass is 16.5. The van der Waals surface area contributed by atoms with Crippen molar-refractivity contribution in [1.29, 1.82) is 0 Å². The van der Waals surface area contributed by atoms with Crippen molar-refractivity contribution in [1.82, 2.24) is 0 Å². The van der Waals surface area contributed by atoms with Crippen LogP contribution in [0.3, 0.4) is 0 Å². The molecule has 2 fully saturated rings. The molecular formula is C11H18O2. The highest BCUT2D eigenvalue weighted by Gasteiger charge is 2.52. The van der Waals surface area contributed by atoms with Gasteiger partial charge in [-0.15, -0.1) is 0 Å². The molecule has 2 heteroatoms. The maximum atomic E-state index is 11.5. The first-order valence-corrected chi connectivity index (χ1v) is 5.23. The first kappa shape index (κ1) is 9.04. The van der Waals surface area contributed by atoms with Gasteiger partial charge in [0.25, 0.3) is 0 Å². The van der Waals surface area contributed by atoms with E-state index in [4.69, 9.17) is 4.74 Å². The Morgan fingerprint density at radius 2 is 2.00 bits per heavy atom. The Kier molecular flexibility index (Phi) is 2.09. The summed E-state index contributed by atoms with van der Waals surface area (Å²) in [4.78, 5) is 11.5. The van der Waals surface area contributed by atoms with E-state index >= 15 is 0 Å². The van der Waals surface area contributed by atoms with Crippen molar-refractivity contribution < 1.29 is 9.53 Å². The van der Waals surface area contributed by atoms with Gasteiger partial charge in [-0.2, -0.15) is 0 Å². The van der Waals surface area contributed by atoms with Gasteiger partial charge in [-0.25, -0.2) is 0 Å². The van der Waals surface area contributed by atoms with Crippen LogP contribution in [0.5, 0.6) is 0 Å². The van der Waals surface area contributed by atoms with Crippen LogP contribution in [0.25, 0.3) is 0 Å². The zero-order chi connectivity index (χ0) is 9.59. The predicted octanol–water partition coefficient (Wildman–Crippen LogP) is 2.09. The summed E-state index contributed by atoms with van der Waals surface area (Å²) in [5, 5.41) is 0. The molecule has 0 amide bonds. The van der Waals surface area contributed by atoms with E-state index in [9.17, 15) is 4.79 Å². The summed E-state index contributed by atoms with van der Waals surface area (Å²) in [6, 6.07) is 0. The summed E-state index contributed by atoms with van der Waals surface area (Å²) in [6.45, 7) is 4.52. The van der Waals surface area contributed by atoms with E-state index in [2.05, 4.69) is 13.8 Å². The highest BCUT2D eigenvalue weighted by Crippen LogP contribution is 2.55. The number of carbonyl (C=O) groups is 1. The third-order valence-corrected chi connectivity index (χ3v) is 4.20. The van der Waals surface area contributed by atoms with Gasteiger partial charge in [-0.05, 0) is 36.5 Å². The van der Waals surface area contributed by atoms with Crippen LogP contribution in [0.2, 0.25) is 0 Å². The van der Waals surface area contributed by atoms with Crippen LogP contribution in [-0.2, 0) is 9.53 Å². The van der Waals surface area contributed by atoms with Crippen LogP contribution < -0.4 is 0 Å². The van der Waals surface area contributed by atoms with Crippen LogP contribution in [-0.4, -0.2) is 13.1 Å². The minimum absolute atomic E-state index is 0.0203. The molecule has 2 nitrogen and oxygen atoms in total. The first-order valence-electron chi connectivity index (χ1n) is 5.23. The smallest absolute Gasteiger partial charge is 0.309 e. The molecular weight excluding hydrogens is 164 g/mol. The maximum absolute atomic E-state index is 11.5. The molecule has 74 valence electrons. The maximum Gasteiger partial charge on any atom is 0.309 e. The largest absolute Gasteiger partial charge is 0.469 e. The minimum Gasteiger partial charge on any atom is -0.469 e. The monoisotopic (exact) mass is 182 g/mol. The summed E-state index contributed by atoms with van der Waals surface area (Å²) in [6.07, 6.45) is 2.48. The van der Waals surface area contributed by atoms with Crippen molar-refractivity contribution in [3.8, 4) is 0 Å². The summed E-state index contributed by atoms with van der Waals surface area (Å²) >= 11 is 0. The van der Waals surface area contributed by atoms with Crippen LogP contribution in [0.15, 0.2) is 0 Å². The molecule has 0 spiro atoms. The summed E-state index contributed by atoms with van der Waals surface area (Å²) in [7, 11) is 1.50. The number of rotatable bonds is 1. The molecule has 0 radical (unpaired) electrons. The molecule has 2 aliphatic carbocycles. The van der Waals surface area contributed by atoms with E-state index < -0.39 is 0 Å². The Morgan fingerprint density at radius 1 is 1.31 bits per heavy atom. The van der Waals surface area contributed by atoms with Gasteiger partial charge in [0.05, 0.1) is 13.0 Å². The highest BCUT2D eigenvalue weighted by molar-refractivity contribution is 5.73. The number of hydrogen-bond donors (Lipinski definition) is 0. The number of ether oxygens (including phenoxy) is 1. The van der Waals surface area contributed by atoms with Gasteiger partial charge in [-0.3, -0.25) is 4.79 Å². The van der Waals surface area contributed by atoms with Crippen molar-refractivity contribution in [3.63, 3.8) is 0 Å². The van der Waals surface area contributed by atoms with Gasteiger partial charge < -0.3 is 4.74 Å². The second kappa shape index (κ2) is 3.00. The average molecular weight is 182 g/mol. The van der Waals surface area contributed by atoms with Crippen LogP contribution in [0.1, 0.15) is 26.7 Å². The minimum atomic E-state index is 0.0203. The Labute approximate surface area is 79.7 Å². The van der Waals surface area contributed by atoms with E-state index in [0.29, 0.717) is 11.8 Å². The summed E-state index contributed by atoms with van der Waals surface area (Å²) < 4.78 is 4.85. The molecule has 0 heterocycles. The lowest BCUT2D eigenvalue weighted by molar-refractivity contribution is -0.149. The molecule has 13 heavy (non-hydrogen) atoms. The van der Waals surface area contributed by atoms with Gasteiger partial charge in [0, 0.05) is 0 Å². The van der Waals surface area contributed by atoms with Gasteiger partial charge in [-0.1, -0.05) is 13.8 Å². The lowest BCUT2D eigenvalue weighted by atomic mass is 9.75. The molecule has 0 saturated heterocycles. The second-order valence-electron chi connectivity index (χ2n) is 4.78. The zero-order valence-corrected chi connectivity index (χ0v) is 8.62. The third-order valence-electron chi connectivity index (χ3n) is 4.20. The normalized spacial score (nSPS) is 48.1. The second-order valence-corrected chi connectivity index (χ2v) is 4.78. The van der Waals surface area contributed by atoms with Gasteiger partial charge in [0.15, 0.2) is 0 Å². The summed E-state index contributed by atoms with van der Waals surface area (Å²) in [5.74, 6) is 2.97. The average Bonchev–Trinajstić information content (AvgIpc) is 2.59. The molecule has 5 unspecified atom stereocenters. The molecule has 0 aliphatic heterocycles. The molecule has 2 saturated carbocycles. The van der Waals surface area contributed by atoms with Crippen LogP contribution in [0.4, 0.5) is 0 Å². The number of carbonyl (C=O) groups excluding carboxylic acids is 1. The van der Waals surface area contributed by atoms with Crippen molar-refractivity contribution in [3.05, 3.63) is 0 Å². The van der Waals surface area contributed by atoms with Gasteiger partial charge >= 0.3 is 5.97 Å². The van der Waals surface area contributed by atoms with E-state index in [1.807, 2.05) is 0 Å². The Bertz CT molecular complexity index is 222. The van der Waals surface area contributed by atoms with E-state index in [0.717, 1.165) is 11.8 Å². The third kappa shape index (κ3) is 1.18. The predicted molar refractivity (Wildman–Crippen MR) is 50.0 cm³/mol. The molecule has 5 atom stereocenters. The van der Waals surface area contributed by atoms with Crippen molar-refractivity contribution in [2.45, 2.75) is 26.7 Å². The Hall–Kier alpha value is -0.530. The van der Waals surface area contributed by atoms with Crippen LogP contribution >= 0.6 is 0 Å². The van der Waals surface area contributed by atoms with Gasteiger partial charge in [0.2, 0.25) is 0 Å². The molecule has 0 aromatic rings. The fraction of sp³-hybridized carbons (Fsp3) is 0.909. The molecule has 0 N–H and O–H groups in total. The topological polar surface area (TPSA) is 26.3 Å². The van der Waals surface area contributed by atoms with Gasteiger partial charge in [0.1, 0.15) is 0 Å². The molecule has 2 bridgehead atoms. The first-order chi connectivity index (χ1) is 6.15. The molecule has 2 rings (SSSR count). The lowest BCUT2D eigenvalue weighted by Gasteiger charge is -2.29. The van der Waals surface area contributed by atoms with Crippen LogP contribution in [0, 0.1) is 29.6 Å². The Morgan fingerprint density at radius 3 is 2.46 bits per heavy atom. The fourth-order valence-corrected chi connectivity index (χ4v) is 3.60. The Balaban J connectivity index is 2.13. The van der Waals surface area contributed by atoms with E-state index in [1.165, 1.54) is 20.0 Å². The number of fused-ring (bicyclic) bond motifs is 2.